The van der Waals surface area contributed by atoms with Crippen molar-refractivity contribution in [2.45, 2.75) is 25.8 Å². The minimum absolute atomic E-state index is 0.137. The fraction of sp³-hybridized carbons (Fsp3) is 0.429. The van der Waals surface area contributed by atoms with E-state index in [9.17, 15) is 4.79 Å². The Morgan fingerprint density at radius 3 is 3.06 bits per heavy atom. The Bertz CT molecular complexity index is 541. The van der Waals surface area contributed by atoms with Gasteiger partial charge >= 0.3 is 0 Å². The molecule has 4 heteroatoms. The van der Waals surface area contributed by atoms with Crippen molar-refractivity contribution < 1.29 is 9.53 Å². The van der Waals surface area contributed by atoms with Gasteiger partial charge in [0.25, 0.3) is 0 Å². The molecular formula is C14H14N2O2. The molecule has 1 aromatic rings. The molecule has 0 aromatic heterocycles. The third-order valence-electron chi connectivity index (χ3n) is 3.61. The molecule has 92 valence electrons. The largest absolute Gasteiger partial charge is 0.493 e. The summed E-state index contributed by atoms with van der Waals surface area (Å²) in [5, 5.41) is 11.8. The number of nitriles is 1. The number of nitrogens with zero attached hydrogens (tertiary/aromatic N) is 1. The number of amides is 1. The highest BCUT2D eigenvalue weighted by molar-refractivity contribution is 5.88. The molecular weight excluding hydrogens is 228 g/mol. The summed E-state index contributed by atoms with van der Waals surface area (Å²) in [4.78, 5) is 11.8. The van der Waals surface area contributed by atoms with Crippen LogP contribution in [0.4, 0.5) is 0 Å². The van der Waals surface area contributed by atoms with Crippen LogP contribution in [0.25, 0.3) is 0 Å². The first-order valence-corrected chi connectivity index (χ1v) is 6.18. The number of hydrogen-bond donors (Lipinski definition) is 1. The first-order valence-electron chi connectivity index (χ1n) is 6.18. The van der Waals surface area contributed by atoms with Crippen LogP contribution in [0.1, 0.15) is 24.0 Å². The first kappa shape index (κ1) is 11.1. The molecule has 1 aliphatic heterocycles. The summed E-state index contributed by atoms with van der Waals surface area (Å²) in [6, 6.07) is 8.06. The molecule has 1 aromatic carbocycles. The van der Waals surface area contributed by atoms with Crippen molar-refractivity contribution in [3.05, 3.63) is 29.3 Å². The molecule has 0 saturated heterocycles. The number of hydrogen-bond acceptors (Lipinski definition) is 3. The van der Waals surface area contributed by atoms with E-state index < -0.39 is 5.41 Å². The van der Waals surface area contributed by atoms with E-state index in [4.69, 9.17) is 10.00 Å². The van der Waals surface area contributed by atoms with E-state index in [1.807, 2.05) is 12.1 Å². The van der Waals surface area contributed by atoms with Crippen molar-refractivity contribution in [1.82, 2.24) is 5.32 Å². The van der Waals surface area contributed by atoms with E-state index in [2.05, 4.69) is 17.5 Å². The van der Waals surface area contributed by atoms with E-state index in [0.29, 0.717) is 19.4 Å². The molecule has 1 aliphatic carbocycles. The number of benzene rings is 1. The van der Waals surface area contributed by atoms with Crippen molar-refractivity contribution >= 4 is 5.91 Å². The molecule has 0 radical (unpaired) electrons. The van der Waals surface area contributed by atoms with Crippen molar-refractivity contribution in [2.75, 3.05) is 6.61 Å². The van der Waals surface area contributed by atoms with Crippen molar-refractivity contribution in [1.29, 1.82) is 5.26 Å². The third kappa shape index (κ3) is 1.82. The first-order chi connectivity index (χ1) is 8.73. The summed E-state index contributed by atoms with van der Waals surface area (Å²) in [6.45, 7) is 1.22. The lowest BCUT2D eigenvalue weighted by atomic mass is 10.1. The topological polar surface area (TPSA) is 62.1 Å². The van der Waals surface area contributed by atoms with Crippen molar-refractivity contribution in [3.8, 4) is 11.8 Å². The second-order valence-corrected chi connectivity index (χ2v) is 4.92. The summed E-state index contributed by atoms with van der Waals surface area (Å²) in [5.41, 5.74) is 1.52. The Kier molecular flexibility index (Phi) is 2.48. The van der Waals surface area contributed by atoms with E-state index in [0.717, 1.165) is 24.3 Å². The highest BCUT2D eigenvalue weighted by atomic mass is 16.5. The number of ether oxygens (including phenoxy) is 1. The number of fused-ring (bicyclic) bond motifs is 1. The van der Waals surface area contributed by atoms with Crippen LogP contribution >= 0.6 is 0 Å². The molecule has 1 heterocycles. The maximum atomic E-state index is 11.8. The van der Waals surface area contributed by atoms with Crippen LogP contribution in [-0.2, 0) is 17.8 Å². The van der Waals surface area contributed by atoms with Crippen LogP contribution in [0.15, 0.2) is 18.2 Å². The van der Waals surface area contributed by atoms with E-state index in [-0.39, 0.29) is 5.91 Å². The van der Waals surface area contributed by atoms with E-state index in [1.165, 1.54) is 5.56 Å². The molecule has 2 aliphatic rings. The summed E-state index contributed by atoms with van der Waals surface area (Å²) in [5.74, 6) is 0.808. The van der Waals surface area contributed by atoms with Crippen LogP contribution in [-0.4, -0.2) is 12.5 Å². The maximum Gasteiger partial charge on any atom is 0.240 e. The highest BCUT2D eigenvalue weighted by Crippen LogP contribution is 2.45. The number of carbonyl (C=O) groups is 1. The Morgan fingerprint density at radius 2 is 2.33 bits per heavy atom. The van der Waals surface area contributed by atoms with Gasteiger partial charge < -0.3 is 10.1 Å². The molecule has 0 bridgehead atoms. The highest BCUT2D eigenvalue weighted by Gasteiger charge is 2.50. The predicted octanol–water partition coefficient (Wildman–Crippen LogP) is 1.54. The Hall–Kier alpha value is -2.02. The third-order valence-corrected chi connectivity index (χ3v) is 3.61. The molecule has 0 unspecified atom stereocenters. The van der Waals surface area contributed by atoms with Gasteiger partial charge in [0.05, 0.1) is 12.7 Å². The minimum Gasteiger partial charge on any atom is -0.493 e. The smallest absolute Gasteiger partial charge is 0.240 e. The van der Waals surface area contributed by atoms with Gasteiger partial charge in [0.2, 0.25) is 5.91 Å². The molecule has 18 heavy (non-hydrogen) atoms. The number of nitrogens with one attached hydrogen (secondary N) is 1. The molecule has 1 amide bonds. The molecule has 0 spiro atoms. The van der Waals surface area contributed by atoms with Crippen LogP contribution in [0, 0.1) is 16.7 Å². The zero-order chi connectivity index (χ0) is 12.6. The lowest BCUT2D eigenvalue weighted by Gasteiger charge is -2.09. The van der Waals surface area contributed by atoms with Gasteiger partial charge in [-0.2, -0.15) is 5.26 Å². The summed E-state index contributed by atoms with van der Waals surface area (Å²) in [7, 11) is 0. The van der Waals surface area contributed by atoms with Gasteiger partial charge in [-0.05, 0) is 30.0 Å². The summed E-state index contributed by atoms with van der Waals surface area (Å²) in [6.07, 6.45) is 2.31. The second kappa shape index (κ2) is 4.02. The summed E-state index contributed by atoms with van der Waals surface area (Å²) < 4.78 is 5.43. The molecule has 4 nitrogen and oxygen atoms in total. The van der Waals surface area contributed by atoms with Crippen LogP contribution < -0.4 is 10.1 Å². The van der Waals surface area contributed by atoms with Gasteiger partial charge in [0, 0.05) is 13.0 Å². The van der Waals surface area contributed by atoms with Gasteiger partial charge in [-0.15, -0.1) is 0 Å². The normalized spacial score (nSPS) is 18.4. The SMILES string of the molecule is N#CC1(C(=O)NCc2ccc3c(c2)CCO3)CC1. The Balaban J connectivity index is 1.64. The van der Waals surface area contributed by atoms with Gasteiger partial charge in [0.1, 0.15) is 11.2 Å². The van der Waals surface area contributed by atoms with Gasteiger partial charge in [-0.25, -0.2) is 0 Å². The monoisotopic (exact) mass is 242 g/mol. The van der Waals surface area contributed by atoms with Crippen LogP contribution in [0.5, 0.6) is 5.75 Å². The molecule has 1 N–H and O–H groups in total. The van der Waals surface area contributed by atoms with Crippen molar-refractivity contribution in [3.63, 3.8) is 0 Å². The standard InChI is InChI=1S/C14H14N2O2/c15-9-14(4-5-14)13(17)16-8-10-1-2-12-11(7-10)3-6-18-12/h1-2,7H,3-6,8H2,(H,16,17). The van der Waals surface area contributed by atoms with E-state index in [1.54, 1.807) is 0 Å². The maximum absolute atomic E-state index is 11.8. The molecule has 1 fully saturated rings. The molecule has 3 rings (SSSR count). The fourth-order valence-electron chi connectivity index (χ4n) is 2.22. The lowest BCUT2D eigenvalue weighted by Crippen LogP contribution is -2.30. The van der Waals surface area contributed by atoms with Gasteiger partial charge in [-0.1, -0.05) is 12.1 Å². The predicted molar refractivity (Wildman–Crippen MR) is 64.8 cm³/mol. The summed E-state index contributed by atoms with van der Waals surface area (Å²) >= 11 is 0. The Morgan fingerprint density at radius 1 is 1.50 bits per heavy atom. The lowest BCUT2D eigenvalue weighted by molar-refractivity contribution is -0.124. The minimum atomic E-state index is -0.736. The number of rotatable bonds is 3. The molecule has 0 atom stereocenters. The van der Waals surface area contributed by atoms with Crippen LogP contribution in [0.2, 0.25) is 0 Å². The quantitative estimate of drug-likeness (QED) is 0.874. The second-order valence-electron chi connectivity index (χ2n) is 4.92. The fourth-order valence-corrected chi connectivity index (χ4v) is 2.22. The zero-order valence-electron chi connectivity index (χ0n) is 10.0. The van der Waals surface area contributed by atoms with Crippen LogP contribution in [0.3, 0.4) is 0 Å². The number of carbonyl (C=O) groups excluding carboxylic acids is 1. The van der Waals surface area contributed by atoms with Gasteiger partial charge in [-0.3, -0.25) is 4.79 Å². The Labute approximate surface area is 106 Å². The zero-order valence-corrected chi connectivity index (χ0v) is 10.0. The average Bonchev–Trinajstić information content (AvgIpc) is 3.07. The molecule has 1 saturated carbocycles. The van der Waals surface area contributed by atoms with Gasteiger partial charge in [0.15, 0.2) is 0 Å². The van der Waals surface area contributed by atoms with E-state index >= 15 is 0 Å². The average molecular weight is 242 g/mol. The van der Waals surface area contributed by atoms with Crippen molar-refractivity contribution in [2.24, 2.45) is 5.41 Å².